The molecule has 0 bridgehead atoms. The summed E-state index contributed by atoms with van der Waals surface area (Å²) in [6.45, 7) is 3.50. The lowest BCUT2D eigenvalue weighted by Crippen LogP contribution is -2.07. The van der Waals surface area contributed by atoms with Gasteiger partial charge in [0.1, 0.15) is 29.5 Å². The Morgan fingerprint density at radius 2 is 1.79 bits per heavy atom. The molecular weight excluding hydrogens is 510 g/mol. The molecule has 0 aliphatic rings. The number of hydrogen-bond acceptors (Lipinski definition) is 3. The highest BCUT2D eigenvalue weighted by Gasteiger charge is 2.21. The summed E-state index contributed by atoms with van der Waals surface area (Å²) in [6, 6.07) is 11.2. The molecule has 0 spiro atoms. The van der Waals surface area contributed by atoms with Gasteiger partial charge in [-0.15, -0.1) is 0 Å². The van der Waals surface area contributed by atoms with Crippen LogP contribution in [0.4, 0.5) is 17.6 Å². The van der Waals surface area contributed by atoms with E-state index in [1.807, 2.05) is 0 Å². The van der Waals surface area contributed by atoms with Crippen LogP contribution in [0.1, 0.15) is 44.0 Å². The van der Waals surface area contributed by atoms with Crippen LogP contribution in [0.5, 0.6) is 11.5 Å². The summed E-state index contributed by atoms with van der Waals surface area (Å²) in [5.74, 6) is -4.08. The molecule has 2 aromatic heterocycles. The quantitative estimate of drug-likeness (QED) is 0.155. The Labute approximate surface area is 222 Å². The molecule has 39 heavy (non-hydrogen) atoms. The van der Waals surface area contributed by atoms with Gasteiger partial charge in [-0.1, -0.05) is 39.5 Å². The Kier molecular flexibility index (Phi) is 7.90. The number of nitrogens with zero attached hydrogens (tertiary/aromatic N) is 1. The predicted molar refractivity (Wildman–Crippen MR) is 142 cm³/mol. The molecule has 0 aliphatic carbocycles. The fourth-order valence-electron chi connectivity index (χ4n) is 4.42. The minimum Gasteiger partial charge on any atom is -0.451 e. The fourth-order valence-corrected chi connectivity index (χ4v) is 4.42. The second-order valence-corrected chi connectivity index (χ2v) is 9.23. The highest BCUT2D eigenvalue weighted by atomic mass is 19.1. The number of rotatable bonds is 8. The van der Waals surface area contributed by atoms with Crippen molar-refractivity contribution in [3.05, 3.63) is 101 Å². The molecule has 2 N–H and O–H groups in total. The van der Waals surface area contributed by atoms with E-state index in [1.54, 1.807) is 32.0 Å². The molecule has 0 saturated heterocycles. The van der Waals surface area contributed by atoms with Crippen LogP contribution in [0, 0.1) is 29.2 Å². The summed E-state index contributed by atoms with van der Waals surface area (Å²) in [5.41, 5.74) is 1.66. The van der Waals surface area contributed by atoms with Crippen molar-refractivity contribution in [1.29, 1.82) is 0 Å². The molecule has 3 aromatic carbocycles. The highest BCUT2D eigenvalue weighted by molar-refractivity contribution is 5.82. The van der Waals surface area contributed by atoms with Crippen molar-refractivity contribution in [3.8, 4) is 22.9 Å². The normalized spacial score (nSPS) is 12.7. The number of ether oxygens (including phenoxy) is 1. The molecule has 0 fully saturated rings. The summed E-state index contributed by atoms with van der Waals surface area (Å²) < 4.78 is 64.8. The van der Waals surface area contributed by atoms with Crippen molar-refractivity contribution in [3.63, 3.8) is 0 Å². The summed E-state index contributed by atoms with van der Waals surface area (Å²) >= 11 is 0. The topological polar surface area (TPSA) is 70.8 Å². The van der Waals surface area contributed by atoms with E-state index in [0.717, 1.165) is 18.4 Å². The molecule has 2 heterocycles. The fraction of sp³-hybridized carbons (Fsp3) is 0.200. The summed E-state index contributed by atoms with van der Waals surface area (Å²) in [6.07, 6.45) is 4.02. The molecule has 9 heteroatoms. The number of aromatic amines is 2. The number of benzene rings is 3. The molecule has 2 atom stereocenters. The standard InChI is InChI=1S/C29H23F4N3O2.CH4/c1-15(14-37)10-17-4-3-5-19(26(17)32)16(2)25-13-35-29(36-25)21-11-18(6-7-22(21)30)38-28-23(31)12-24-20(27(28)33)8-9-34-24;/h3-9,11-16,34H,10H2,1-2H3,(H,35,36);1H4. The van der Waals surface area contributed by atoms with Crippen LogP contribution >= 0.6 is 0 Å². The maximum absolute atomic E-state index is 15.2. The van der Waals surface area contributed by atoms with Crippen LogP contribution in [0.15, 0.2) is 60.9 Å². The van der Waals surface area contributed by atoms with E-state index < -0.39 is 34.9 Å². The maximum Gasteiger partial charge on any atom is 0.199 e. The van der Waals surface area contributed by atoms with E-state index in [9.17, 15) is 18.0 Å². The van der Waals surface area contributed by atoms with Crippen LogP contribution in [0.2, 0.25) is 0 Å². The van der Waals surface area contributed by atoms with Gasteiger partial charge in [-0.2, -0.15) is 0 Å². The zero-order chi connectivity index (χ0) is 27.0. The first-order chi connectivity index (χ1) is 18.3. The molecule has 2 unspecified atom stereocenters. The van der Waals surface area contributed by atoms with Gasteiger partial charge < -0.3 is 19.5 Å². The first kappa shape index (κ1) is 27.6. The van der Waals surface area contributed by atoms with Crippen LogP contribution in [-0.2, 0) is 11.2 Å². The van der Waals surface area contributed by atoms with Crippen molar-refractivity contribution < 1.29 is 27.1 Å². The highest BCUT2D eigenvalue weighted by Crippen LogP contribution is 2.35. The van der Waals surface area contributed by atoms with Gasteiger partial charge in [0.05, 0.1) is 11.1 Å². The van der Waals surface area contributed by atoms with Gasteiger partial charge in [-0.25, -0.2) is 22.5 Å². The lowest BCUT2D eigenvalue weighted by molar-refractivity contribution is -0.110. The molecule has 5 rings (SSSR count). The summed E-state index contributed by atoms with van der Waals surface area (Å²) in [5, 5.41) is 0.158. The predicted octanol–water partition coefficient (Wildman–Crippen LogP) is 8.07. The molecular formula is C30H27F4N3O2. The van der Waals surface area contributed by atoms with Crippen LogP contribution < -0.4 is 4.74 Å². The van der Waals surface area contributed by atoms with Gasteiger partial charge in [0, 0.05) is 41.4 Å². The Morgan fingerprint density at radius 3 is 2.56 bits per heavy atom. The number of carbonyl (C=O) groups is 1. The van der Waals surface area contributed by atoms with Crippen molar-refractivity contribution in [2.24, 2.45) is 5.92 Å². The minimum absolute atomic E-state index is 0. The molecule has 0 aliphatic heterocycles. The number of hydrogen-bond donors (Lipinski definition) is 2. The third-order valence-electron chi connectivity index (χ3n) is 6.53. The molecule has 0 amide bonds. The van der Waals surface area contributed by atoms with Crippen molar-refractivity contribution in [2.75, 3.05) is 0 Å². The number of aromatic nitrogens is 3. The van der Waals surface area contributed by atoms with Gasteiger partial charge in [0.2, 0.25) is 0 Å². The molecule has 5 nitrogen and oxygen atoms in total. The average Bonchev–Trinajstić information content (AvgIpc) is 3.58. The van der Waals surface area contributed by atoms with Crippen LogP contribution in [-0.4, -0.2) is 21.2 Å². The lowest BCUT2D eigenvalue weighted by atomic mass is 9.93. The average molecular weight is 538 g/mol. The molecule has 202 valence electrons. The zero-order valence-electron chi connectivity index (χ0n) is 20.5. The Balaban J connectivity index is 0.00000353. The van der Waals surface area contributed by atoms with E-state index in [-0.39, 0.29) is 47.8 Å². The molecule has 0 saturated carbocycles. The number of halogens is 4. The number of aldehydes is 1. The van der Waals surface area contributed by atoms with Crippen LogP contribution in [0.3, 0.4) is 0 Å². The Hall–Kier alpha value is -4.40. The molecule has 0 radical (unpaired) electrons. The largest absolute Gasteiger partial charge is 0.451 e. The summed E-state index contributed by atoms with van der Waals surface area (Å²) in [7, 11) is 0. The molecule has 5 aromatic rings. The van der Waals surface area contributed by atoms with Gasteiger partial charge in [0.25, 0.3) is 0 Å². The number of fused-ring (bicyclic) bond motifs is 1. The van der Waals surface area contributed by atoms with E-state index in [2.05, 4.69) is 15.0 Å². The number of H-pyrrole nitrogens is 2. The number of carbonyl (C=O) groups excluding carboxylic acids is 1. The summed E-state index contributed by atoms with van der Waals surface area (Å²) in [4.78, 5) is 21.0. The first-order valence-electron chi connectivity index (χ1n) is 12.0. The monoisotopic (exact) mass is 537 g/mol. The Morgan fingerprint density at radius 1 is 1.00 bits per heavy atom. The van der Waals surface area contributed by atoms with Crippen molar-refractivity contribution in [1.82, 2.24) is 15.0 Å². The van der Waals surface area contributed by atoms with Gasteiger partial charge in [-0.05, 0) is 41.8 Å². The van der Waals surface area contributed by atoms with E-state index >= 15 is 4.39 Å². The Bertz CT molecular complexity index is 1640. The maximum atomic E-state index is 15.2. The van der Waals surface area contributed by atoms with Gasteiger partial charge in [0.15, 0.2) is 17.4 Å². The second kappa shape index (κ2) is 11.1. The zero-order valence-corrected chi connectivity index (χ0v) is 20.5. The van der Waals surface area contributed by atoms with Gasteiger partial charge in [-0.3, -0.25) is 0 Å². The first-order valence-corrected chi connectivity index (χ1v) is 12.0. The van der Waals surface area contributed by atoms with E-state index in [1.165, 1.54) is 30.6 Å². The number of nitrogens with one attached hydrogen (secondary N) is 2. The van der Waals surface area contributed by atoms with Crippen LogP contribution in [0.25, 0.3) is 22.3 Å². The van der Waals surface area contributed by atoms with E-state index in [4.69, 9.17) is 4.74 Å². The smallest absolute Gasteiger partial charge is 0.199 e. The van der Waals surface area contributed by atoms with E-state index in [0.29, 0.717) is 16.8 Å². The third kappa shape index (κ3) is 5.30. The second-order valence-electron chi connectivity index (χ2n) is 9.23. The van der Waals surface area contributed by atoms with Gasteiger partial charge >= 0.3 is 0 Å². The number of imidazole rings is 1. The van der Waals surface area contributed by atoms with Crippen molar-refractivity contribution in [2.45, 2.75) is 33.6 Å². The van der Waals surface area contributed by atoms with Crippen molar-refractivity contribution >= 4 is 17.2 Å². The third-order valence-corrected chi connectivity index (χ3v) is 6.53. The minimum atomic E-state index is -0.913. The SMILES string of the molecule is C.CC(C=O)Cc1cccc(C(C)c2cnc(-c3cc(Oc4c(F)cc5[nH]ccc5c4F)ccc3F)[nH]2)c1F. The lowest BCUT2D eigenvalue weighted by Gasteiger charge is -2.14.